The number of rotatable bonds is 3. The van der Waals surface area contributed by atoms with Crippen molar-refractivity contribution < 1.29 is 18.0 Å². The van der Waals surface area contributed by atoms with E-state index in [0.717, 1.165) is 10.0 Å². The third-order valence-electron chi connectivity index (χ3n) is 2.89. The van der Waals surface area contributed by atoms with Crippen molar-refractivity contribution in [3.05, 3.63) is 34.3 Å². The van der Waals surface area contributed by atoms with Crippen LogP contribution in [0.25, 0.3) is 0 Å². The zero-order valence-electron chi connectivity index (χ0n) is 9.30. The van der Waals surface area contributed by atoms with Gasteiger partial charge < -0.3 is 5.32 Å². The van der Waals surface area contributed by atoms with E-state index in [1.54, 1.807) is 0 Å². The molecular weight excluding hydrogens is 311 g/mol. The van der Waals surface area contributed by atoms with Crippen LogP contribution in [0.15, 0.2) is 28.7 Å². The standard InChI is InChI=1S/C12H11BrF3NO/c13-8-3-1-7(2-4-8)9-5-10(9)11(18)17-6-12(14,15)16/h1-4,9-10H,5-6H2,(H,17,18)/t9-,10+/m1/s1. The van der Waals surface area contributed by atoms with Gasteiger partial charge in [-0.25, -0.2) is 0 Å². The summed E-state index contributed by atoms with van der Waals surface area (Å²) in [6, 6.07) is 7.48. The van der Waals surface area contributed by atoms with Crippen LogP contribution in [0.5, 0.6) is 0 Å². The van der Waals surface area contributed by atoms with Gasteiger partial charge >= 0.3 is 6.18 Å². The summed E-state index contributed by atoms with van der Waals surface area (Å²) < 4.78 is 36.8. The zero-order valence-corrected chi connectivity index (χ0v) is 10.9. The Morgan fingerprint density at radius 2 is 1.94 bits per heavy atom. The van der Waals surface area contributed by atoms with E-state index in [2.05, 4.69) is 15.9 Å². The average molecular weight is 322 g/mol. The molecule has 0 aliphatic heterocycles. The van der Waals surface area contributed by atoms with Gasteiger partial charge in [-0.1, -0.05) is 28.1 Å². The second kappa shape index (κ2) is 4.91. The molecule has 1 aliphatic carbocycles. The number of amides is 1. The lowest BCUT2D eigenvalue weighted by Crippen LogP contribution is -2.34. The van der Waals surface area contributed by atoms with E-state index in [1.165, 1.54) is 0 Å². The Kier molecular flexibility index (Phi) is 3.66. The summed E-state index contributed by atoms with van der Waals surface area (Å²) in [5.74, 6) is -0.792. The maximum atomic E-state index is 11.9. The molecular formula is C12H11BrF3NO. The molecule has 0 heterocycles. The molecule has 1 aromatic carbocycles. The quantitative estimate of drug-likeness (QED) is 0.909. The van der Waals surface area contributed by atoms with E-state index >= 15 is 0 Å². The van der Waals surface area contributed by atoms with Crippen LogP contribution >= 0.6 is 15.9 Å². The molecule has 0 unspecified atom stereocenters. The third kappa shape index (κ3) is 3.48. The topological polar surface area (TPSA) is 29.1 Å². The maximum Gasteiger partial charge on any atom is 0.405 e. The molecule has 0 bridgehead atoms. The van der Waals surface area contributed by atoms with Crippen molar-refractivity contribution in [3.63, 3.8) is 0 Å². The van der Waals surface area contributed by atoms with Crippen molar-refractivity contribution in [2.45, 2.75) is 18.5 Å². The molecule has 1 aliphatic rings. The van der Waals surface area contributed by atoms with Gasteiger partial charge in [0.2, 0.25) is 5.91 Å². The summed E-state index contributed by atoms with van der Waals surface area (Å²) in [4.78, 5) is 11.5. The normalized spacial score (nSPS) is 22.7. The predicted octanol–water partition coefficient (Wildman–Crippen LogP) is 3.23. The van der Waals surface area contributed by atoms with Crippen LogP contribution in [0.3, 0.4) is 0 Å². The maximum absolute atomic E-state index is 11.9. The van der Waals surface area contributed by atoms with E-state index in [4.69, 9.17) is 0 Å². The highest BCUT2D eigenvalue weighted by Crippen LogP contribution is 2.47. The van der Waals surface area contributed by atoms with Gasteiger partial charge in [0.25, 0.3) is 0 Å². The number of hydrogen-bond donors (Lipinski definition) is 1. The van der Waals surface area contributed by atoms with Gasteiger partial charge in [-0.3, -0.25) is 4.79 Å². The summed E-state index contributed by atoms with van der Waals surface area (Å²) in [6.07, 6.45) is -3.73. The van der Waals surface area contributed by atoms with Crippen LogP contribution in [0.4, 0.5) is 13.2 Å². The highest BCUT2D eigenvalue weighted by molar-refractivity contribution is 9.10. The van der Waals surface area contributed by atoms with Gasteiger partial charge in [-0.2, -0.15) is 13.2 Å². The van der Waals surface area contributed by atoms with Gasteiger partial charge in [-0.05, 0) is 30.0 Å². The second-order valence-corrected chi connectivity index (χ2v) is 5.25. The molecule has 1 aromatic rings. The van der Waals surface area contributed by atoms with E-state index < -0.39 is 18.6 Å². The largest absolute Gasteiger partial charge is 0.405 e. The van der Waals surface area contributed by atoms with Crippen LogP contribution in [0, 0.1) is 5.92 Å². The fraction of sp³-hybridized carbons (Fsp3) is 0.417. The minimum atomic E-state index is -4.35. The second-order valence-electron chi connectivity index (χ2n) is 4.33. The van der Waals surface area contributed by atoms with Crippen molar-refractivity contribution >= 4 is 21.8 Å². The van der Waals surface area contributed by atoms with Crippen LogP contribution in [0.1, 0.15) is 17.9 Å². The average Bonchev–Trinajstić information content (AvgIpc) is 3.06. The van der Waals surface area contributed by atoms with Crippen molar-refractivity contribution in [2.24, 2.45) is 5.92 Å². The molecule has 0 aromatic heterocycles. The van der Waals surface area contributed by atoms with Crippen molar-refractivity contribution in [1.82, 2.24) is 5.32 Å². The molecule has 2 nitrogen and oxygen atoms in total. The van der Waals surface area contributed by atoms with Crippen molar-refractivity contribution in [3.8, 4) is 0 Å². The minimum Gasteiger partial charge on any atom is -0.347 e. The fourth-order valence-electron chi connectivity index (χ4n) is 1.88. The predicted molar refractivity (Wildman–Crippen MR) is 64.1 cm³/mol. The molecule has 1 fully saturated rings. The smallest absolute Gasteiger partial charge is 0.347 e. The highest BCUT2D eigenvalue weighted by atomic mass is 79.9. The lowest BCUT2D eigenvalue weighted by molar-refractivity contribution is -0.139. The zero-order chi connectivity index (χ0) is 13.3. The first kappa shape index (κ1) is 13.4. The van der Waals surface area contributed by atoms with E-state index in [9.17, 15) is 18.0 Å². The van der Waals surface area contributed by atoms with Gasteiger partial charge in [0.05, 0.1) is 0 Å². The monoisotopic (exact) mass is 321 g/mol. The van der Waals surface area contributed by atoms with Crippen molar-refractivity contribution in [1.29, 1.82) is 0 Å². The lowest BCUT2D eigenvalue weighted by Gasteiger charge is -2.08. The molecule has 18 heavy (non-hydrogen) atoms. The third-order valence-corrected chi connectivity index (χ3v) is 3.42. The van der Waals surface area contributed by atoms with Crippen LogP contribution < -0.4 is 5.32 Å². The summed E-state index contributed by atoms with van der Waals surface area (Å²) in [5, 5.41) is 1.92. The van der Waals surface area contributed by atoms with E-state index in [1.807, 2.05) is 29.6 Å². The molecule has 1 amide bonds. The summed E-state index contributed by atoms with van der Waals surface area (Å²) in [5.41, 5.74) is 0.991. The van der Waals surface area contributed by atoms with Crippen LogP contribution in [-0.2, 0) is 4.79 Å². The first-order valence-corrected chi connectivity index (χ1v) is 6.26. The molecule has 0 radical (unpaired) electrons. The van der Waals surface area contributed by atoms with Gasteiger partial charge in [0.1, 0.15) is 6.54 Å². The summed E-state index contributed by atoms with van der Waals surface area (Å²) in [6.45, 7) is -1.25. The molecule has 1 N–H and O–H groups in total. The van der Waals surface area contributed by atoms with E-state index in [-0.39, 0.29) is 11.8 Å². The molecule has 0 spiro atoms. The molecule has 1 saturated carbocycles. The van der Waals surface area contributed by atoms with Gasteiger partial charge in [0.15, 0.2) is 0 Å². The molecule has 2 rings (SSSR count). The van der Waals surface area contributed by atoms with Crippen LogP contribution in [0.2, 0.25) is 0 Å². The minimum absolute atomic E-state index is 0.0475. The SMILES string of the molecule is O=C(NCC(F)(F)F)[C@H]1C[C@@H]1c1ccc(Br)cc1. The van der Waals surface area contributed by atoms with Gasteiger partial charge in [0, 0.05) is 10.4 Å². The van der Waals surface area contributed by atoms with Crippen LogP contribution in [-0.4, -0.2) is 18.6 Å². The summed E-state index contributed by atoms with van der Waals surface area (Å²) >= 11 is 3.30. The number of alkyl halides is 3. The highest BCUT2D eigenvalue weighted by Gasteiger charge is 2.44. The van der Waals surface area contributed by atoms with Crippen molar-refractivity contribution in [2.75, 3.05) is 6.54 Å². The van der Waals surface area contributed by atoms with Gasteiger partial charge in [-0.15, -0.1) is 0 Å². The number of nitrogens with one attached hydrogen (secondary N) is 1. The molecule has 0 saturated heterocycles. The molecule has 2 atom stereocenters. The Morgan fingerprint density at radius 3 is 2.50 bits per heavy atom. The Morgan fingerprint density at radius 1 is 1.33 bits per heavy atom. The number of halogens is 4. The lowest BCUT2D eigenvalue weighted by atomic mass is 10.1. The first-order valence-electron chi connectivity index (χ1n) is 5.47. The first-order chi connectivity index (χ1) is 8.37. The Balaban J connectivity index is 1.87. The summed E-state index contributed by atoms with van der Waals surface area (Å²) in [7, 11) is 0. The van der Waals surface area contributed by atoms with E-state index in [0.29, 0.717) is 6.42 Å². The Labute approximate surface area is 111 Å². The number of benzene rings is 1. The number of carbonyl (C=O) groups is 1. The Hall–Kier alpha value is -1.04. The number of carbonyl (C=O) groups excluding carboxylic acids is 1. The Bertz CT molecular complexity index is 444. The number of hydrogen-bond acceptors (Lipinski definition) is 1. The molecule has 6 heteroatoms. The molecule has 98 valence electrons. The fourth-order valence-corrected chi connectivity index (χ4v) is 2.15.